The van der Waals surface area contributed by atoms with Crippen LogP contribution < -0.4 is 4.90 Å². The minimum Gasteiger partial charge on any atom is -0.372 e. The minimum atomic E-state index is 0.510. The maximum Gasteiger partial charge on any atom is 0.191 e. The molecule has 0 radical (unpaired) electrons. The number of rotatable bonds is 8. The Morgan fingerprint density at radius 3 is 2.33 bits per heavy atom. The summed E-state index contributed by atoms with van der Waals surface area (Å²) in [4.78, 5) is 6.46. The zero-order valence-corrected chi connectivity index (χ0v) is 17.5. The van der Waals surface area contributed by atoms with E-state index in [-0.39, 0.29) is 0 Å². The number of nitrogens with zero attached hydrogens (tertiary/aromatic N) is 5. The van der Waals surface area contributed by atoms with Gasteiger partial charge in [-0.2, -0.15) is 0 Å². The molecule has 0 atom stereocenters. The van der Waals surface area contributed by atoms with Crippen LogP contribution in [0.4, 0.5) is 5.69 Å². The highest BCUT2D eigenvalue weighted by Crippen LogP contribution is 2.27. The van der Waals surface area contributed by atoms with E-state index in [1.54, 1.807) is 18.0 Å². The molecule has 0 bridgehead atoms. The van der Waals surface area contributed by atoms with Crippen molar-refractivity contribution in [2.24, 2.45) is 0 Å². The Balaban J connectivity index is 1.78. The van der Waals surface area contributed by atoms with E-state index < -0.39 is 0 Å². The molecule has 2 aromatic heterocycles. The monoisotopic (exact) mass is 401 g/mol. The summed E-state index contributed by atoms with van der Waals surface area (Å²) in [6.07, 6.45) is 1.80. The molecule has 5 nitrogen and oxygen atoms in total. The van der Waals surface area contributed by atoms with Crippen LogP contribution >= 0.6 is 23.4 Å². The molecule has 0 unspecified atom stereocenters. The predicted octanol–water partition coefficient (Wildman–Crippen LogP) is 5.15. The van der Waals surface area contributed by atoms with E-state index in [0.29, 0.717) is 5.15 Å². The Bertz CT molecular complexity index is 857. The summed E-state index contributed by atoms with van der Waals surface area (Å²) in [5.74, 6) is 1.68. The summed E-state index contributed by atoms with van der Waals surface area (Å²) in [6.45, 7) is 9.28. The van der Waals surface area contributed by atoms with Crippen molar-refractivity contribution in [2.75, 3.05) is 18.0 Å². The predicted molar refractivity (Wildman–Crippen MR) is 114 cm³/mol. The summed E-state index contributed by atoms with van der Waals surface area (Å²) >= 11 is 7.51. The number of anilines is 1. The van der Waals surface area contributed by atoms with Crippen LogP contribution in [0.1, 0.15) is 26.3 Å². The number of halogens is 1. The van der Waals surface area contributed by atoms with Gasteiger partial charge >= 0.3 is 0 Å². The Morgan fingerprint density at radius 2 is 1.74 bits per heavy atom. The first-order chi connectivity index (χ1) is 13.2. The lowest BCUT2D eigenvalue weighted by molar-refractivity contribution is 0.687. The van der Waals surface area contributed by atoms with E-state index in [2.05, 4.69) is 69.7 Å². The first kappa shape index (κ1) is 19.7. The molecule has 0 aliphatic carbocycles. The van der Waals surface area contributed by atoms with Gasteiger partial charge in [0.15, 0.2) is 11.0 Å². The summed E-state index contributed by atoms with van der Waals surface area (Å²) in [5, 5.41) is 10.3. The van der Waals surface area contributed by atoms with Gasteiger partial charge in [0.1, 0.15) is 5.15 Å². The largest absolute Gasteiger partial charge is 0.372 e. The average molecular weight is 402 g/mol. The normalized spacial score (nSPS) is 11.0. The van der Waals surface area contributed by atoms with Crippen molar-refractivity contribution in [2.45, 2.75) is 38.2 Å². The van der Waals surface area contributed by atoms with Gasteiger partial charge in [0.05, 0.1) is 0 Å². The van der Waals surface area contributed by atoms with Gasteiger partial charge in [-0.05, 0) is 56.7 Å². The van der Waals surface area contributed by atoms with Crippen molar-refractivity contribution in [1.82, 2.24) is 19.7 Å². The van der Waals surface area contributed by atoms with Crippen molar-refractivity contribution in [1.29, 1.82) is 0 Å². The fraction of sp³-hybridized carbons (Fsp3) is 0.350. The van der Waals surface area contributed by atoms with Crippen molar-refractivity contribution in [3.8, 4) is 11.4 Å². The van der Waals surface area contributed by atoms with Crippen LogP contribution in [-0.2, 0) is 12.3 Å². The lowest BCUT2D eigenvalue weighted by Gasteiger charge is -2.21. The molecule has 2 heterocycles. The number of aromatic nitrogens is 4. The summed E-state index contributed by atoms with van der Waals surface area (Å²) < 4.78 is 2.15. The quantitative estimate of drug-likeness (QED) is 0.385. The number of benzene rings is 1. The highest BCUT2D eigenvalue weighted by molar-refractivity contribution is 7.98. The molecule has 0 amide bonds. The first-order valence-electron chi connectivity index (χ1n) is 9.18. The zero-order valence-electron chi connectivity index (χ0n) is 15.9. The highest BCUT2D eigenvalue weighted by atomic mass is 35.5. The number of pyridine rings is 1. The number of hydrogen-bond acceptors (Lipinski definition) is 5. The molecular weight excluding hydrogens is 378 g/mol. The van der Waals surface area contributed by atoms with E-state index in [4.69, 9.17) is 11.6 Å². The van der Waals surface area contributed by atoms with Crippen LogP contribution in [0.2, 0.25) is 5.15 Å². The average Bonchev–Trinajstić information content (AvgIpc) is 3.12. The van der Waals surface area contributed by atoms with Gasteiger partial charge in [0.25, 0.3) is 0 Å². The lowest BCUT2D eigenvalue weighted by Crippen LogP contribution is -2.21. The van der Waals surface area contributed by atoms with Gasteiger partial charge in [-0.25, -0.2) is 4.98 Å². The second-order valence-corrected chi connectivity index (χ2v) is 7.38. The van der Waals surface area contributed by atoms with Gasteiger partial charge in [-0.3, -0.25) is 0 Å². The standard InChI is InChI=1S/C20H24ClN5S/c1-4-25(5-2)17-10-8-16(9-11-17)19-23-24-20(26(19)6-3)27-14-15-7-12-18(21)22-13-15/h7-13H,4-6,14H2,1-3H3. The Kier molecular flexibility index (Phi) is 6.74. The van der Waals surface area contributed by atoms with Gasteiger partial charge in [-0.15, -0.1) is 10.2 Å². The molecule has 0 aliphatic rings. The third kappa shape index (κ3) is 4.62. The maximum atomic E-state index is 5.85. The Morgan fingerprint density at radius 1 is 1.00 bits per heavy atom. The molecule has 0 fully saturated rings. The van der Waals surface area contributed by atoms with Crippen molar-refractivity contribution >= 4 is 29.1 Å². The van der Waals surface area contributed by atoms with Crippen LogP contribution in [-0.4, -0.2) is 32.8 Å². The minimum absolute atomic E-state index is 0.510. The van der Waals surface area contributed by atoms with E-state index in [0.717, 1.165) is 47.5 Å². The molecule has 0 saturated heterocycles. The van der Waals surface area contributed by atoms with Crippen LogP contribution in [0.3, 0.4) is 0 Å². The second-order valence-electron chi connectivity index (χ2n) is 6.05. The van der Waals surface area contributed by atoms with Crippen molar-refractivity contribution in [3.05, 3.63) is 53.3 Å². The summed E-state index contributed by atoms with van der Waals surface area (Å²) in [6, 6.07) is 12.4. The highest BCUT2D eigenvalue weighted by Gasteiger charge is 2.14. The molecule has 7 heteroatoms. The molecular formula is C20H24ClN5S. The SMILES string of the molecule is CCN(CC)c1ccc(-c2nnc(SCc3ccc(Cl)nc3)n2CC)cc1. The zero-order chi connectivity index (χ0) is 19.2. The van der Waals surface area contributed by atoms with E-state index in [1.165, 1.54) is 5.69 Å². The van der Waals surface area contributed by atoms with Gasteiger partial charge in [-0.1, -0.05) is 29.4 Å². The summed E-state index contributed by atoms with van der Waals surface area (Å²) in [7, 11) is 0. The molecule has 0 saturated carbocycles. The first-order valence-corrected chi connectivity index (χ1v) is 10.5. The number of hydrogen-bond donors (Lipinski definition) is 0. The molecule has 1 aromatic carbocycles. The van der Waals surface area contributed by atoms with Gasteiger partial charge in [0.2, 0.25) is 0 Å². The molecule has 0 aliphatic heterocycles. The second kappa shape index (κ2) is 9.24. The van der Waals surface area contributed by atoms with Crippen LogP contribution in [0.15, 0.2) is 47.8 Å². The molecule has 3 aromatic rings. The molecule has 142 valence electrons. The summed E-state index contributed by atoms with van der Waals surface area (Å²) in [5.41, 5.74) is 3.43. The fourth-order valence-electron chi connectivity index (χ4n) is 2.94. The number of thioether (sulfide) groups is 1. The molecule has 0 spiro atoms. The maximum absolute atomic E-state index is 5.85. The Labute approximate surface area is 169 Å². The van der Waals surface area contributed by atoms with Gasteiger partial charge in [0, 0.05) is 42.8 Å². The van der Waals surface area contributed by atoms with E-state index in [1.807, 2.05) is 12.1 Å². The fourth-order valence-corrected chi connectivity index (χ4v) is 3.99. The van der Waals surface area contributed by atoms with Crippen molar-refractivity contribution < 1.29 is 0 Å². The lowest BCUT2D eigenvalue weighted by atomic mass is 10.2. The van der Waals surface area contributed by atoms with Gasteiger partial charge < -0.3 is 9.47 Å². The van der Waals surface area contributed by atoms with Crippen LogP contribution in [0.25, 0.3) is 11.4 Å². The topological polar surface area (TPSA) is 46.8 Å². The third-order valence-electron chi connectivity index (χ3n) is 4.44. The van der Waals surface area contributed by atoms with E-state index in [9.17, 15) is 0 Å². The van der Waals surface area contributed by atoms with Crippen LogP contribution in [0, 0.1) is 0 Å². The Hall–Kier alpha value is -2.05. The van der Waals surface area contributed by atoms with Crippen LogP contribution in [0.5, 0.6) is 0 Å². The smallest absolute Gasteiger partial charge is 0.191 e. The third-order valence-corrected chi connectivity index (χ3v) is 5.71. The molecule has 0 N–H and O–H groups in total. The molecule has 3 rings (SSSR count). The van der Waals surface area contributed by atoms with Crippen molar-refractivity contribution in [3.63, 3.8) is 0 Å². The van der Waals surface area contributed by atoms with E-state index >= 15 is 0 Å². The molecule has 27 heavy (non-hydrogen) atoms.